The first-order valence-corrected chi connectivity index (χ1v) is 9.46. The van der Waals surface area contributed by atoms with Gasteiger partial charge in [0.2, 0.25) is 17.0 Å². The van der Waals surface area contributed by atoms with Crippen LogP contribution in [0.5, 0.6) is 0 Å². The van der Waals surface area contributed by atoms with E-state index in [0.717, 1.165) is 12.8 Å². The van der Waals surface area contributed by atoms with Gasteiger partial charge in [-0.15, -0.1) is 5.10 Å². The van der Waals surface area contributed by atoms with Gasteiger partial charge in [-0.3, -0.25) is 14.5 Å². The molecule has 1 fully saturated rings. The highest BCUT2D eigenvalue weighted by Gasteiger charge is 2.45. The van der Waals surface area contributed by atoms with Crippen LogP contribution in [-0.2, 0) is 9.59 Å². The van der Waals surface area contributed by atoms with Gasteiger partial charge in [0, 0.05) is 0 Å². The molecule has 4 rings (SSSR count). The van der Waals surface area contributed by atoms with E-state index in [0.29, 0.717) is 22.6 Å². The topological polar surface area (TPSA) is 93.0 Å². The Hall–Kier alpha value is -2.42. The number of tetrazole rings is 1. The molecular formula is C17H20N6O2S. The molecule has 2 aliphatic rings. The standard InChI is InChI=1S/C17H20N6O2S/c1-10(26-16-19-20-21-23(16)11-8-9-11)14(24)22-13-7-5-4-6-12(13)18-15(25)17(22,2)3/h4-7,10-11H,8-9H2,1-3H3,(H,18,25)/t10-/m0/s1. The van der Waals surface area contributed by atoms with Crippen molar-refractivity contribution in [1.29, 1.82) is 0 Å². The van der Waals surface area contributed by atoms with E-state index in [2.05, 4.69) is 20.8 Å². The Balaban J connectivity index is 1.63. The van der Waals surface area contributed by atoms with E-state index in [-0.39, 0.29) is 11.8 Å². The van der Waals surface area contributed by atoms with E-state index < -0.39 is 10.8 Å². The van der Waals surface area contributed by atoms with Gasteiger partial charge in [-0.25, -0.2) is 4.68 Å². The molecule has 8 nitrogen and oxygen atoms in total. The first kappa shape index (κ1) is 17.0. The summed E-state index contributed by atoms with van der Waals surface area (Å²) in [6, 6.07) is 7.68. The number of rotatable bonds is 4. The van der Waals surface area contributed by atoms with E-state index in [1.165, 1.54) is 11.8 Å². The molecule has 0 bridgehead atoms. The summed E-state index contributed by atoms with van der Waals surface area (Å²) in [6.45, 7) is 5.33. The van der Waals surface area contributed by atoms with Crippen molar-refractivity contribution in [1.82, 2.24) is 20.2 Å². The number of nitrogens with one attached hydrogen (secondary N) is 1. The number of aromatic nitrogens is 4. The number of nitrogens with zero attached hydrogens (tertiary/aromatic N) is 5. The zero-order valence-corrected chi connectivity index (χ0v) is 15.7. The molecule has 1 aliphatic carbocycles. The van der Waals surface area contributed by atoms with Crippen molar-refractivity contribution in [3.05, 3.63) is 24.3 Å². The third-order valence-corrected chi connectivity index (χ3v) is 5.75. The number of anilines is 2. The van der Waals surface area contributed by atoms with E-state index in [1.54, 1.807) is 29.5 Å². The number of amides is 2. The SMILES string of the molecule is C[C@H](Sc1nnnn1C1CC1)C(=O)N1c2ccccc2NC(=O)C1(C)C. The predicted octanol–water partition coefficient (Wildman–Crippen LogP) is 2.25. The lowest BCUT2D eigenvalue weighted by Gasteiger charge is -2.43. The minimum Gasteiger partial charge on any atom is -0.322 e. The second-order valence-corrected chi connectivity index (χ2v) is 8.41. The zero-order valence-electron chi connectivity index (χ0n) is 14.8. The highest BCUT2D eigenvalue weighted by atomic mass is 32.2. The molecule has 0 unspecified atom stereocenters. The minimum absolute atomic E-state index is 0.146. The maximum Gasteiger partial charge on any atom is 0.250 e. The van der Waals surface area contributed by atoms with Crippen LogP contribution in [0, 0.1) is 0 Å². The molecule has 2 aromatic rings. The summed E-state index contributed by atoms with van der Waals surface area (Å²) in [6.07, 6.45) is 2.13. The average molecular weight is 372 g/mol. The van der Waals surface area contributed by atoms with Gasteiger partial charge in [0.15, 0.2) is 0 Å². The van der Waals surface area contributed by atoms with Gasteiger partial charge in [-0.1, -0.05) is 23.9 Å². The second-order valence-electron chi connectivity index (χ2n) is 7.10. The maximum absolute atomic E-state index is 13.3. The van der Waals surface area contributed by atoms with Crippen molar-refractivity contribution in [3.63, 3.8) is 0 Å². The van der Waals surface area contributed by atoms with Crippen molar-refractivity contribution < 1.29 is 9.59 Å². The van der Waals surface area contributed by atoms with Crippen LogP contribution in [0.25, 0.3) is 0 Å². The summed E-state index contributed by atoms with van der Waals surface area (Å²) in [7, 11) is 0. The molecule has 2 amide bonds. The third-order valence-electron chi connectivity index (χ3n) is 4.71. The molecule has 0 saturated heterocycles. The predicted molar refractivity (Wildman–Crippen MR) is 98.0 cm³/mol. The zero-order chi connectivity index (χ0) is 18.5. The first-order chi connectivity index (χ1) is 12.4. The quantitative estimate of drug-likeness (QED) is 0.828. The van der Waals surface area contributed by atoms with Crippen molar-refractivity contribution >= 4 is 35.0 Å². The number of para-hydroxylation sites is 2. The van der Waals surface area contributed by atoms with Crippen molar-refractivity contribution in [3.8, 4) is 0 Å². The molecule has 1 atom stereocenters. The summed E-state index contributed by atoms with van der Waals surface area (Å²) in [5.74, 6) is -0.350. The van der Waals surface area contributed by atoms with Crippen LogP contribution in [0.4, 0.5) is 11.4 Å². The smallest absolute Gasteiger partial charge is 0.250 e. The number of hydrogen-bond acceptors (Lipinski definition) is 6. The van der Waals surface area contributed by atoms with Crippen LogP contribution < -0.4 is 10.2 Å². The highest BCUT2D eigenvalue weighted by molar-refractivity contribution is 8.00. The van der Waals surface area contributed by atoms with Gasteiger partial charge in [0.25, 0.3) is 0 Å². The summed E-state index contributed by atoms with van der Waals surface area (Å²) < 4.78 is 1.79. The van der Waals surface area contributed by atoms with E-state index >= 15 is 0 Å². The van der Waals surface area contributed by atoms with Crippen molar-refractivity contribution in [2.75, 3.05) is 10.2 Å². The number of carbonyl (C=O) groups excluding carboxylic acids is 2. The minimum atomic E-state index is -0.983. The van der Waals surface area contributed by atoms with Gasteiger partial charge >= 0.3 is 0 Å². The highest BCUT2D eigenvalue weighted by Crippen LogP contribution is 2.40. The lowest BCUT2D eigenvalue weighted by atomic mass is 9.96. The van der Waals surface area contributed by atoms with Crippen molar-refractivity contribution in [2.24, 2.45) is 0 Å². The first-order valence-electron chi connectivity index (χ1n) is 8.58. The van der Waals surface area contributed by atoms with Crippen LogP contribution in [0.1, 0.15) is 39.7 Å². The average Bonchev–Trinajstić information content (AvgIpc) is 3.35. The molecule has 0 spiro atoms. The molecular weight excluding hydrogens is 352 g/mol. The molecule has 1 aliphatic heterocycles. The summed E-state index contributed by atoms with van der Waals surface area (Å²) >= 11 is 1.33. The Kier molecular flexibility index (Phi) is 3.98. The van der Waals surface area contributed by atoms with Gasteiger partial charge in [-0.05, 0) is 56.2 Å². The fourth-order valence-electron chi connectivity index (χ4n) is 3.05. The Bertz CT molecular complexity index is 876. The van der Waals surface area contributed by atoms with Crippen LogP contribution in [0.3, 0.4) is 0 Å². The van der Waals surface area contributed by atoms with Gasteiger partial charge in [0.05, 0.1) is 22.7 Å². The van der Waals surface area contributed by atoms with Crippen LogP contribution in [0.15, 0.2) is 29.4 Å². The lowest BCUT2D eigenvalue weighted by molar-refractivity contribution is -0.126. The Labute approximate surface area is 155 Å². The molecule has 9 heteroatoms. The normalized spacial score (nSPS) is 19.7. The van der Waals surface area contributed by atoms with Crippen LogP contribution >= 0.6 is 11.8 Å². The van der Waals surface area contributed by atoms with Crippen LogP contribution in [0.2, 0.25) is 0 Å². The Morgan fingerprint density at radius 2 is 2.08 bits per heavy atom. The molecule has 2 heterocycles. The fourth-order valence-corrected chi connectivity index (χ4v) is 3.95. The number of carbonyl (C=O) groups is 2. The molecule has 136 valence electrons. The summed E-state index contributed by atoms with van der Waals surface area (Å²) in [5, 5.41) is 14.9. The van der Waals surface area contributed by atoms with Crippen LogP contribution in [-0.4, -0.2) is 42.8 Å². The van der Waals surface area contributed by atoms with Gasteiger partial charge in [-0.2, -0.15) is 0 Å². The van der Waals surface area contributed by atoms with E-state index in [9.17, 15) is 9.59 Å². The molecule has 1 saturated carbocycles. The summed E-state index contributed by atoms with van der Waals surface area (Å²) in [5.41, 5.74) is 0.365. The van der Waals surface area contributed by atoms with E-state index in [1.807, 2.05) is 25.1 Å². The molecule has 0 radical (unpaired) electrons. The second kappa shape index (κ2) is 6.08. The number of fused-ring (bicyclic) bond motifs is 1. The number of benzene rings is 1. The van der Waals surface area contributed by atoms with Gasteiger partial charge < -0.3 is 5.32 Å². The molecule has 1 N–H and O–H groups in total. The Morgan fingerprint density at radius 1 is 1.35 bits per heavy atom. The molecule has 26 heavy (non-hydrogen) atoms. The lowest BCUT2D eigenvalue weighted by Crippen LogP contribution is -2.60. The van der Waals surface area contributed by atoms with Gasteiger partial charge in [0.1, 0.15) is 5.54 Å². The van der Waals surface area contributed by atoms with Crippen molar-refractivity contribution in [2.45, 2.75) is 55.6 Å². The maximum atomic E-state index is 13.3. The fraction of sp³-hybridized carbons (Fsp3) is 0.471. The largest absolute Gasteiger partial charge is 0.322 e. The monoisotopic (exact) mass is 372 g/mol. The third kappa shape index (κ3) is 2.76. The van der Waals surface area contributed by atoms with E-state index in [4.69, 9.17) is 0 Å². The Morgan fingerprint density at radius 3 is 2.81 bits per heavy atom. The molecule has 1 aromatic heterocycles. The molecule has 1 aromatic carbocycles. The number of hydrogen-bond donors (Lipinski definition) is 1. The number of thioether (sulfide) groups is 1. The summed E-state index contributed by atoms with van der Waals surface area (Å²) in [4.78, 5) is 27.4.